The Morgan fingerprint density at radius 3 is 2.62 bits per heavy atom. The number of hydrogen-bond acceptors (Lipinski definition) is 2. The summed E-state index contributed by atoms with van der Waals surface area (Å²) in [6.45, 7) is 0.720. The van der Waals surface area contributed by atoms with E-state index >= 15 is 0 Å². The van der Waals surface area contributed by atoms with Gasteiger partial charge in [0, 0.05) is 12.7 Å². The molecule has 1 aromatic rings. The van der Waals surface area contributed by atoms with Gasteiger partial charge in [0.15, 0.2) is 0 Å². The standard InChI is InChI=1S/C10H10ClF3N2/c11-8-3-7(10(12,13)14)5-16-9(8)15-4-6-1-2-6/h3,5-6H,1-2,4H2,(H,15,16). The number of alkyl halides is 3. The van der Waals surface area contributed by atoms with Gasteiger partial charge < -0.3 is 5.32 Å². The quantitative estimate of drug-likeness (QED) is 0.887. The van der Waals surface area contributed by atoms with Gasteiger partial charge in [0.2, 0.25) is 0 Å². The van der Waals surface area contributed by atoms with E-state index in [-0.39, 0.29) is 5.02 Å². The van der Waals surface area contributed by atoms with E-state index < -0.39 is 11.7 Å². The first-order valence-corrected chi connectivity index (χ1v) is 5.31. The van der Waals surface area contributed by atoms with Gasteiger partial charge in [-0.2, -0.15) is 13.2 Å². The number of nitrogens with one attached hydrogen (secondary N) is 1. The lowest BCUT2D eigenvalue weighted by Crippen LogP contribution is -2.09. The zero-order chi connectivity index (χ0) is 11.8. The fraction of sp³-hybridized carbons (Fsp3) is 0.500. The number of anilines is 1. The van der Waals surface area contributed by atoms with Crippen molar-refractivity contribution in [2.24, 2.45) is 5.92 Å². The largest absolute Gasteiger partial charge is 0.417 e. The van der Waals surface area contributed by atoms with Crippen LogP contribution in [0.2, 0.25) is 5.02 Å². The maximum atomic E-state index is 12.3. The summed E-state index contributed by atoms with van der Waals surface area (Å²) in [4.78, 5) is 3.68. The Bertz CT molecular complexity index is 388. The zero-order valence-corrected chi connectivity index (χ0v) is 9.07. The predicted octanol–water partition coefficient (Wildman–Crippen LogP) is 3.58. The first-order chi connectivity index (χ1) is 7.47. The number of aromatic nitrogens is 1. The highest BCUT2D eigenvalue weighted by Gasteiger charge is 2.31. The summed E-state index contributed by atoms with van der Waals surface area (Å²) in [5, 5.41) is 2.95. The molecule has 0 spiro atoms. The summed E-state index contributed by atoms with van der Waals surface area (Å²) >= 11 is 5.71. The van der Waals surface area contributed by atoms with Crippen molar-refractivity contribution >= 4 is 17.4 Å². The van der Waals surface area contributed by atoms with E-state index in [1.165, 1.54) is 0 Å². The van der Waals surface area contributed by atoms with Crippen molar-refractivity contribution in [3.63, 3.8) is 0 Å². The van der Waals surface area contributed by atoms with E-state index in [0.29, 0.717) is 11.7 Å². The molecule has 0 unspecified atom stereocenters. The molecule has 2 rings (SSSR count). The second-order valence-corrected chi connectivity index (χ2v) is 4.28. The molecule has 1 aliphatic rings. The minimum Gasteiger partial charge on any atom is -0.369 e. The number of rotatable bonds is 3. The van der Waals surface area contributed by atoms with Crippen LogP contribution in [0.15, 0.2) is 12.3 Å². The summed E-state index contributed by atoms with van der Waals surface area (Å²) in [6, 6.07) is 0.893. The van der Waals surface area contributed by atoms with Gasteiger partial charge in [0.25, 0.3) is 0 Å². The van der Waals surface area contributed by atoms with E-state index in [9.17, 15) is 13.2 Å². The molecule has 1 aromatic heterocycles. The number of nitrogens with zero attached hydrogens (tertiary/aromatic N) is 1. The molecule has 0 saturated heterocycles. The smallest absolute Gasteiger partial charge is 0.369 e. The van der Waals surface area contributed by atoms with E-state index in [0.717, 1.165) is 31.6 Å². The van der Waals surface area contributed by atoms with Crippen molar-refractivity contribution in [3.8, 4) is 0 Å². The Hall–Kier alpha value is -0.970. The van der Waals surface area contributed by atoms with Crippen LogP contribution in [0.3, 0.4) is 0 Å². The normalized spacial score (nSPS) is 16.2. The van der Waals surface area contributed by atoms with Crippen molar-refractivity contribution in [3.05, 3.63) is 22.8 Å². The van der Waals surface area contributed by atoms with Gasteiger partial charge in [-0.1, -0.05) is 11.6 Å². The highest BCUT2D eigenvalue weighted by molar-refractivity contribution is 6.32. The average molecular weight is 251 g/mol. The molecule has 0 bridgehead atoms. The maximum Gasteiger partial charge on any atom is 0.417 e. The molecule has 1 fully saturated rings. The molecule has 0 radical (unpaired) electrons. The minimum absolute atomic E-state index is 0.00970. The van der Waals surface area contributed by atoms with E-state index in [1.807, 2.05) is 0 Å². The molecule has 6 heteroatoms. The lowest BCUT2D eigenvalue weighted by Gasteiger charge is -2.10. The topological polar surface area (TPSA) is 24.9 Å². The van der Waals surface area contributed by atoms with Crippen LogP contribution in [-0.2, 0) is 6.18 Å². The molecule has 2 nitrogen and oxygen atoms in total. The monoisotopic (exact) mass is 250 g/mol. The van der Waals surface area contributed by atoms with Gasteiger partial charge in [-0.15, -0.1) is 0 Å². The number of halogens is 4. The van der Waals surface area contributed by atoms with Gasteiger partial charge in [-0.3, -0.25) is 0 Å². The van der Waals surface area contributed by atoms with Gasteiger partial charge in [-0.25, -0.2) is 4.98 Å². The lowest BCUT2D eigenvalue weighted by molar-refractivity contribution is -0.137. The number of pyridine rings is 1. The second kappa shape index (κ2) is 4.13. The van der Waals surface area contributed by atoms with Crippen LogP contribution in [0.5, 0.6) is 0 Å². The van der Waals surface area contributed by atoms with Crippen LogP contribution < -0.4 is 5.32 Å². The Morgan fingerprint density at radius 1 is 1.44 bits per heavy atom. The molecule has 1 saturated carbocycles. The Labute approximate surface area is 95.8 Å². The van der Waals surface area contributed by atoms with Crippen molar-refractivity contribution < 1.29 is 13.2 Å². The highest BCUT2D eigenvalue weighted by Crippen LogP contribution is 2.33. The summed E-state index contributed by atoms with van der Waals surface area (Å²) < 4.78 is 36.9. The minimum atomic E-state index is -4.40. The van der Waals surface area contributed by atoms with Crippen LogP contribution >= 0.6 is 11.6 Å². The molecular formula is C10H10ClF3N2. The molecule has 0 aromatic carbocycles. The molecule has 0 amide bonds. The zero-order valence-electron chi connectivity index (χ0n) is 8.31. The molecule has 88 valence electrons. The Balaban J connectivity index is 2.09. The van der Waals surface area contributed by atoms with Crippen molar-refractivity contribution in [2.75, 3.05) is 11.9 Å². The van der Waals surface area contributed by atoms with Crippen molar-refractivity contribution in [1.82, 2.24) is 4.98 Å². The van der Waals surface area contributed by atoms with Crippen LogP contribution in [0, 0.1) is 5.92 Å². The second-order valence-electron chi connectivity index (χ2n) is 3.88. The molecule has 16 heavy (non-hydrogen) atoms. The fourth-order valence-electron chi connectivity index (χ4n) is 1.29. The fourth-order valence-corrected chi connectivity index (χ4v) is 1.52. The molecule has 1 N–H and O–H groups in total. The van der Waals surface area contributed by atoms with Gasteiger partial charge in [-0.05, 0) is 24.8 Å². The first-order valence-electron chi connectivity index (χ1n) is 4.93. The average Bonchev–Trinajstić information content (AvgIpc) is 2.98. The highest BCUT2D eigenvalue weighted by atomic mass is 35.5. The Kier molecular flexibility index (Phi) is 2.97. The van der Waals surface area contributed by atoms with Crippen LogP contribution in [0.1, 0.15) is 18.4 Å². The molecule has 1 aliphatic carbocycles. The van der Waals surface area contributed by atoms with Gasteiger partial charge in [0.05, 0.1) is 10.6 Å². The number of hydrogen-bond donors (Lipinski definition) is 1. The van der Waals surface area contributed by atoms with Crippen LogP contribution in [0.4, 0.5) is 19.0 Å². The third kappa shape index (κ3) is 2.78. The molecule has 0 atom stereocenters. The lowest BCUT2D eigenvalue weighted by atomic mass is 10.2. The third-order valence-corrected chi connectivity index (χ3v) is 2.71. The summed E-state index contributed by atoms with van der Waals surface area (Å²) in [7, 11) is 0. The van der Waals surface area contributed by atoms with E-state index in [2.05, 4.69) is 10.3 Å². The molecule has 0 aliphatic heterocycles. The molecular weight excluding hydrogens is 241 g/mol. The van der Waals surface area contributed by atoms with Crippen LogP contribution in [-0.4, -0.2) is 11.5 Å². The Morgan fingerprint density at radius 2 is 2.12 bits per heavy atom. The maximum absolute atomic E-state index is 12.3. The summed E-state index contributed by atoms with van der Waals surface area (Å²) in [6.07, 6.45) is -1.29. The predicted molar refractivity (Wildman–Crippen MR) is 55.5 cm³/mol. The van der Waals surface area contributed by atoms with Gasteiger partial charge in [0.1, 0.15) is 5.82 Å². The first kappa shape index (κ1) is 11.5. The van der Waals surface area contributed by atoms with E-state index in [1.54, 1.807) is 0 Å². The SMILES string of the molecule is FC(F)(F)c1cnc(NCC2CC2)c(Cl)c1. The molecule has 1 heterocycles. The van der Waals surface area contributed by atoms with Crippen molar-refractivity contribution in [2.45, 2.75) is 19.0 Å². The van der Waals surface area contributed by atoms with Crippen LogP contribution in [0.25, 0.3) is 0 Å². The van der Waals surface area contributed by atoms with Gasteiger partial charge >= 0.3 is 6.18 Å². The van der Waals surface area contributed by atoms with E-state index in [4.69, 9.17) is 11.6 Å². The summed E-state index contributed by atoms with van der Waals surface area (Å²) in [5.41, 5.74) is -0.825. The van der Waals surface area contributed by atoms with Crippen molar-refractivity contribution in [1.29, 1.82) is 0 Å². The summed E-state index contributed by atoms with van der Waals surface area (Å²) in [5.74, 6) is 0.932. The third-order valence-electron chi connectivity index (χ3n) is 2.42.